The fourth-order valence-electron chi connectivity index (χ4n) is 1.16. The predicted octanol–water partition coefficient (Wildman–Crippen LogP) is 3.81. The van der Waals surface area contributed by atoms with E-state index < -0.39 is 7.82 Å². The third kappa shape index (κ3) is 3.85. The molecule has 100 valence electrons. The summed E-state index contributed by atoms with van der Waals surface area (Å²) in [6.07, 6.45) is 0. The van der Waals surface area contributed by atoms with Crippen molar-refractivity contribution in [3.63, 3.8) is 0 Å². The number of rotatable bonds is 6. The van der Waals surface area contributed by atoms with Crippen LogP contribution in [0.1, 0.15) is 5.56 Å². The van der Waals surface area contributed by atoms with Crippen LogP contribution < -0.4 is 4.74 Å². The van der Waals surface area contributed by atoms with Gasteiger partial charge in [-0.05, 0) is 24.3 Å². The lowest BCUT2D eigenvalue weighted by Gasteiger charge is -2.16. The second kappa shape index (κ2) is 6.95. The van der Waals surface area contributed by atoms with Crippen LogP contribution in [0.5, 0.6) is 5.75 Å². The van der Waals surface area contributed by atoms with Gasteiger partial charge in [-0.25, -0.2) is 4.57 Å². The summed E-state index contributed by atoms with van der Waals surface area (Å²) in [5, 5.41) is 0. The van der Waals surface area contributed by atoms with Crippen LogP contribution in [0, 0.1) is 0 Å². The van der Waals surface area contributed by atoms with Crippen LogP contribution in [0.3, 0.4) is 0 Å². The summed E-state index contributed by atoms with van der Waals surface area (Å²) in [5.74, 6) is 1.05. The fraction of sp³-hybridized carbons (Fsp3) is 0.273. The van der Waals surface area contributed by atoms with Crippen molar-refractivity contribution in [1.29, 1.82) is 0 Å². The molecule has 0 saturated carbocycles. The van der Waals surface area contributed by atoms with Crippen molar-refractivity contribution in [2.75, 3.05) is 21.3 Å². The van der Waals surface area contributed by atoms with E-state index in [2.05, 4.69) is 15.9 Å². The molecule has 0 aliphatic heterocycles. The molecule has 0 heterocycles. The summed E-state index contributed by atoms with van der Waals surface area (Å²) < 4.78 is 31.6. The molecule has 18 heavy (non-hydrogen) atoms. The second-order valence-corrected chi connectivity index (χ2v) is 5.37. The van der Waals surface area contributed by atoms with Gasteiger partial charge in [-0.3, -0.25) is 9.05 Å². The molecule has 0 unspecified atom stereocenters. The summed E-state index contributed by atoms with van der Waals surface area (Å²) in [6.45, 7) is 0. The average molecular weight is 337 g/mol. The summed E-state index contributed by atoms with van der Waals surface area (Å²) in [7, 11) is 0.521. The molecule has 5 nitrogen and oxygen atoms in total. The van der Waals surface area contributed by atoms with Gasteiger partial charge in [-0.15, -0.1) is 0 Å². The van der Waals surface area contributed by atoms with Crippen molar-refractivity contribution >= 4 is 29.5 Å². The highest BCUT2D eigenvalue weighted by Gasteiger charge is 2.26. The van der Waals surface area contributed by atoms with E-state index in [1.165, 1.54) is 19.2 Å². The van der Waals surface area contributed by atoms with Gasteiger partial charge < -0.3 is 9.26 Å². The lowest BCUT2D eigenvalue weighted by Crippen LogP contribution is -1.95. The first-order valence-electron chi connectivity index (χ1n) is 4.94. The largest absolute Gasteiger partial charge is 0.529 e. The van der Waals surface area contributed by atoms with E-state index in [1.54, 1.807) is 31.4 Å². The van der Waals surface area contributed by atoms with Crippen LogP contribution in [0.15, 0.2) is 29.3 Å². The molecular formula is C11H14BrO5P. The molecule has 0 aliphatic carbocycles. The van der Waals surface area contributed by atoms with Crippen molar-refractivity contribution in [2.24, 2.45) is 0 Å². The van der Waals surface area contributed by atoms with Crippen LogP contribution >= 0.6 is 23.8 Å². The number of methoxy groups -OCH3 is 1. The molecule has 0 atom stereocenters. The summed E-state index contributed by atoms with van der Waals surface area (Å²) in [5.41, 5.74) is 0.710. The highest BCUT2D eigenvalue weighted by atomic mass is 79.9. The predicted molar refractivity (Wildman–Crippen MR) is 72.6 cm³/mol. The molecule has 0 fully saturated rings. The van der Waals surface area contributed by atoms with Crippen molar-refractivity contribution in [3.8, 4) is 5.75 Å². The van der Waals surface area contributed by atoms with Gasteiger partial charge in [-0.1, -0.05) is 15.9 Å². The first-order valence-corrected chi connectivity index (χ1v) is 7.32. The highest BCUT2D eigenvalue weighted by Crippen LogP contribution is 2.51. The first kappa shape index (κ1) is 15.2. The van der Waals surface area contributed by atoms with E-state index in [0.29, 0.717) is 17.1 Å². The van der Waals surface area contributed by atoms with Gasteiger partial charge in [0.05, 0.1) is 7.11 Å². The molecule has 1 rings (SSSR count). The molecule has 0 saturated heterocycles. The fourth-order valence-corrected chi connectivity index (χ4v) is 2.36. The Labute approximate surface area is 114 Å². The van der Waals surface area contributed by atoms with E-state index >= 15 is 0 Å². The van der Waals surface area contributed by atoms with E-state index in [1.807, 2.05) is 0 Å². The van der Waals surface area contributed by atoms with E-state index in [4.69, 9.17) is 18.3 Å². The lowest BCUT2D eigenvalue weighted by molar-refractivity contribution is 0.201. The zero-order chi connectivity index (χ0) is 13.6. The summed E-state index contributed by atoms with van der Waals surface area (Å²) in [4.78, 5) is 1.50. The Morgan fingerprint density at radius 3 is 2.11 bits per heavy atom. The van der Waals surface area contributed by atoms with Gasteiger partial charge >= 0.3 is 7.82 Å². The van der Waals surface area contributed by atoms with E-state index in [-0.39, 0.29) is 0 Å². The number of ether oxygens (including phenoxy) is 1. The van der Waals surface area contributed by atoms with Gasteiger partial charge in [0.1, 0.15) is 11.5 Å². The molecule has 0 aliphatic rings. The second-order valence-electron chi connectivity index (χ2n) is 3.11. The lowest BCUT2D eigenvalue weighted by atomic mass is 10.2. The van der Waals surface area contributed by atoms with E-state index in [9.17, 15) is 4.57 Å². The van der Waals surface area contributed by atoms with Crippen LogP contribution in [-0.4, -0.2) is 21.3 Å². The Balaban J connectivity index is 2.93. The van der Waals surface area contributed by atoms with Crippen molar-refractivity contribution in [3.05, 3.63) is 34.8 Å². The van der Waals surface area contributed by atoms with Gasteiger partial charge in [0.15, 0.2) is 0 Å². The minimum atomic E-state index is -3.57. The van der Waals surface area contributed by atoms with Gasteiger partial charge in [0, 0.05) is 24.8 Å². The molecule has 1 aromatic carbocycles. The molecule has 0 radical (unpaired) electrons. The van der Waals surface area contributed by atoms with Gasteiger partial charge in [-0.2, -0.15) is 0 Å². The van der Waals surface area contributed by atoms with Gasteiger partial charge in [0.2, 0.25) is 0 Å². The van der Waals surface area contributed by atoms with Crippen LogP contribution in [0.4, 0.5) is 0 Å². The quantitative estimate of drug-likeness (QED) is 0.584. The van der Waals surface area contributed by atoms with Crippen LogP contribution in [0.25, 0.3) is 5.76 Å². The Hall–Kier alpha value is -0.810. The number of halogens is 1. The number of phosphoric ester groups is 1. The molecular weight excluding hydrogens is 323 g/mol. The average Bonchev–Trinajstić information content (AvgIpc) is 2.44. The first-order chi connectivity index (χ1) is 8.58. The Morgan fingerprint density at radius 2 is 1.72 bits per heavy atom. The number of phosphoric acid groups is 1. The standard InChI is InChI=1S/C11H14BrO5P/c1-14-10-6-4-9(5-7-10)11(8-12)17-18(13,15-2)16-3/h4-8H,1-3H3/b11-8+. The van der Waals surface area contributed by atoms with Crippen LogP contribution in [0.2, 0.25) is 0 Å². The number of hydrogen-bond donors (Lipinski definition) is 0. The van der Waals surface area contributed by atoms with E-state index in [0.717, 1.165) is 0 Å². The van der Waals surface area contributed by atoms with Crippen molar-refractivity contribution in [1.82, 2.24) is 0 Å². The normalized spacial score (nSPS) is 12.3. The Bertz CT molecular complexity index is 449. The number of benzene rings is 1. The van der Waals surface area contributed by atoms with Crippen molar-refractivity contribution in [2.45, 2.75) is 0 Å². The third-order valence-corrected chi connectivity index (χ3v) is 3.86. The maximum atomic E-state index is 11.9. The Morgan fingerprint density at radius 1 is 1.17 bits per heavy atom. The molecule has 1 aromatic rings. The number of hydrogen-bond acceptors (Lipinski definition) is 5. The maximum absolute atomic E-state index is 11.9. The van der Waals surface area contributed by atoms with Gasteiger partial charge in [0.25, 0.3) is 0 Å². The maximum Gasteiger partial charge on any atom is 0.529 e. The molecule has 0 spiro atoms. The molecule has 0 aromatic heterocycles. The smallest absolute Gasteiger partial charge is 0.497 e. The SMILES string of the molecule is COc1ccc(/C(=C\Br)OP(=O)(OC)OC)cc1. The molecule has 7 heteroatoms. The topological polar surface area (TPSA) is 54.0 Å². The minimum absolute atomic E-state index is 0.338. The minimum Gasteiger partial charge on any atom is -0.497 e. The zero-order valence-electron chi connectivity index (χ0n) is 10.3. The molecule has 0 amide bonds. The van der Waals surface area contributed by atoms with Crippen molar-refractivity contribution < 1.29 is 22.9 Å². The monoisotopic (exact) mass is 336 g/mol. The molecule has 0 N–H and O–H groups in total. The Kier molecular flexibility index (Phi) is 5.88. The third-order valence-electron chi connectivity index (χ3n) is 2.13. The van der Waals surface area contributed by atoms with Crippen LogP contribution in [-0.2, 0) is 18.1 Å². The highest BCUT2D eigenvalue weighted by molar-refractivity contribution is 9.11. The summed E-state index contributed by atoms with van der Waals surface area (Å²) >= 11 is 3.15. The summed E-state index contributed by atoms with van der Waals surface area (Å²) in [6, 6.07) is 7.06. The molecule has 0 bridgehead atoms. The zero-order valence-corrected chi connectivity index (χ0v) is 12.7.